The molecule has 0 saturated carbocycles. The molecule has 2 aromatic heterocycles. The first-order valence-corrected chi connectivity index (χ1v) is 12.5. The largest absolute Gasteiger partial charge is 0.494 e. The second kappa shape index (κ2) is 10.5. The Hall–Kier alpha value is -4.01. The number of aryl methyl sites for hydroxylation is 1. The number of fused-ring (bicyclic) bond motifs is 1. The van der Waals surface area contributed by atoms with E-state index in [4.69, 9.17) is 4.99 Å². The van der Waals surface area contributed by atoms with Gasteiger partial charge >= 0.3 is 0 Å². The van der Waals surface area contributed by atoms with Gasteiger partial charge in [-0.25, -0.2) is 4.99 Å². The molecule has 5 rings (SSSR count). The van der Waals surface area contributed by atoms with Gasteiger partial charge in [0.1, 0.15) is 5.52 Å². The van der Waals surface area contributed by atoms with Crippen LogP contribution in [-0.2, 0) is 11.8 Å². The summed E-state index contributed by atoms with van der Waals surface area (Å²) in [7, 11) is 5.73. The minimum atomic E-state index is 0.0672. The molecule has 0 aliphatic carbocycles. The maximum Gasteiger partial charge on any atom is 0.240 e. The molecule has 0 unspecified atom stereocenters. The molecule has 0 bridgehead atoms. The summed E-state index contributed by atoms with van der Waals surface area (Å²) in [6, 6.07) is 21.2. The van der Waals surface area contributed by atoms with E-state index in [0.29, 0.717) is 23.3 Å². The van der Waals surface area contributed by atoms with Crippen molar-refractivity contribution in [2.45, 2.75) is 0 Å². The number of benzene rings is 2. The van der Waals surface area contributed by atoms with Crippen LogP contribution >= 0.6 is 0 Å². The molecule has 1 aliphatic rings. The summed E-state index contributed by atoms with van der Waals surface area (Å²) in [6.07, 6.45) is 1.72. The Bertz CT molecular complexity index is 1420. The molecule has 4 aromatic rings. The minimum Gasteiger partial charge on any atom is -0.494 e. The fourth-order valence-electron chi connectivity index (χ4n) is 4.65. The number of hydrogen-bond acceptors (Lipinski definition) is 6. The molecule has 1 saturated heterocycles. The Kier molecular flexibility index (Phi) is 7.03. The SMILES string of the molecule is CN1CCN(CC(=O)N(C)c2ccc(N=C(c3ccccc3)c3c(O)n(C)c4cccnc34)cc2)CC1. The third kappa shape index (κ3) is 5.12. The lowest BCUT2D eigenvalue weighted by molar-refractivity contribution is -0.119. The van der Waals surface area contributed by atoms with Crippen molar-refractivity contribution in [2.24, 2.45) is 12.0 Å². The molecule has 190 valence electrons. The van der Waals surface area contributed by atoms with Gasteiger partial charge in [-0.1, -0.05) is 30.3 Å². The summed E-state index contributed by atoms with van der Waals surface area (Å²) in [5, 5.41) is 11.0. The van der Waals surface area contributed by atoms with Gasteiger partial charge in [0.15, 0.2) is 0 Å². The highest BCUT2D eigenvalue weighted by Gasteiger charge is 2.22. The molecule has 1 N–H and O–H groups in total. The molecule has 8 heteroatoms. The molecule has 0 radical (unpaired) electrons. The van der Waals surface area contributed by atoms with E-state index < -0.39 is 0 Å². The Morgan fingerprint density at radius 3 is 2.38 bits per heavy atom. The maximum absolute atomic E-state index is 12.9. The third-order valence-corrected chi connectivity index (χ3v) is 7.02. The summed E-state index contributed by atoms with van der Waals surface area (Å²) >= 11 is 0. The van der Waals surface area contributed by atoms with Crippen molar-refractivity contribution >= 4 is 34.0 Å². The summed E-state index contributed by atoms with van der Waals surface area (Å²) in [5.41, 5.74) is 5.15. The number of aromatic hydroxyl groups is 1. The zero-order valence-corrected chi connectivity index (χ0v) is 21.5. The number of nitrogens with zero attached hydrogens (tertiary/aromatic N) is 6. The number of likely N-dealkylation sites (N-methyl/N-ethyl adjacent to an activating group) is 2. The van der Waals surface area contributed by atoms with Gasteiger partial charge in [-0.2, -0.15) is 0 Å². The first-order valence-electron chi connectivity index (χ1n) is 12.5. The number of anilines is 1. The first-order chi connectivity index (χ1) is 17.9. The van der Waals surface area contributed by atoms with Crippen LogP contribution in [0.4, 0.5) is 11.4 Å². The van der Waals surface area contributed by atoms with E-state index in [9.17, 15) is 9.90 Å². The molecule has 2 aromatic carbocycles. The highest BCUT2D eigenvalue weighted by Crippen LogP contribution is 2.32. The van der Waals surface area contributed by atoms with E-state index in [-0.39, 0.29) is 11.8 Å². The van der Waals surface area contributed by atoms with Crippen molar-refractivity contribution in [3.63, 3.8) is 0 Å². The van der Waals surface area contributed by atoms with Gasteiger partial charge < -0.3 is 19.5 Å². The summed E-state index contributed by atoms with van der Waals surface area (Å²) < 4.78 is 1.72. The Morgan fingerprint density at radius 1 is 0.973 bits per heavy atom. The van der Waals surface area contributed by atoms with E-state index >= 15 is 0 Å². The van der Waals surface area contributed by atoms with Crippen LogP contribution in [0.2, 0.25) is 0 Å². The Balaban J connectivity index is 1.44. The number of amides is 1. The predicted molar refractivity (Wildman–Crippen MR) is 148 cm³/mol. The Morgan fingerprint density at radius 2 is 1.68 bits per heavy atom. The molecule has 0 atom stereocenters. The van der Waals surface area contributed by atoms with Gasteiger partial charge in [-0.3, -0.25) is 14.7 Å². The molecule has 1 amide bonds. The highest BCUT2D eigenvalue weighted by atomic mass is 16.3. The lowest BCUT2D eigenvalue weighted by Crippen LogP contribution is -2.48. The zero-order valence-electron chi connectivity index (χ0n) is 21.5. The topological polar surface area (TPSA) is 77.2 Å². The van der Waals surface area contributed by atoms with Crippen molar-refractivity contribution in [1.82, 2.24) is 19.4 Å². The van der Waals surface area contributed by atoms with Crippen molar-refractivity contribution in [3.05, 3.63) is 84.1 Å². The van der Waals surface area contributed by atoms with Gasteiger partial charge in [-0.05, 0) is 43.4 Å². The van der Waals surface area contributed by atoms with Gasteiger partial charge in [0.2, 0.25) is 11.8 Å². The van der Waals surface area contributed by atoms with E-state index in [2.05, 4.69) is 21.8 Å². The second-order valence-corrected chi connectivity index (χ2v) is 9.50. The average Bonchev–Trinajstić information content (AvgIpc) is 3.18. The van der Waals surface area contributed by atoms with Crippen molar-refractivity contribution in [2.75, 3.05) is 51.7 Å². The van der Waals surface area contributed by atoms with Crippen LogP contribution in [0.5, 0.6) is 5.88 Å². The van der Waals surface area contributed by atoms with Crippen LogP contribution in [0.3, 0.4) is 0 Å². The van der Waals surface area contributed by atoms with Gasteiger partial charge in [-0.15, -0.1) is 0 Å². The molecule has 3 heterocycles. The normalized spacial score (nSPS) is 15.3. The minimum absolute atomic E-state index is 0.0672. The molecular formula is C29H32N6O2. The van der Waals surface area contributed by atoms with E-state index in [0.717, 1.165) is 48.6 Å². The molecule has 1 fully saturated rings. The third-order valence-electron chi connectivity index (χ3n) is 7.02. The van der Waals surface area contributed by atoms with Crippen LogP contribution in [0, 0.1) is 0 Å². The van der Waals surface area contributed by atoms with Crippen LogP contribution < -0.4 is 4.90 Å². The van der Waals surface area contributed by atoms with Gasteiger partial charge in [0.05, 0.1) is 29.0 Å². The smallest absolute Gasteiger partial charge is 0.240 e. The van der Waals surface area contributed by atoms with Crippen LogP contribution in [0.25, 0.3) is 11.0 Å². The molecular weight excluding hydrogens is 464 g/mol. The van der Waals surface area contributed by atoms with Crippen molar-refractivity contribution in [1.29, 1.82) is 0 Å². The lowest BCUT2D eigenvalue weighted by Gasteiger charge is -2.32. The molecule has 1 aliphatic heterocycles. The first kappa shape index (κ1) is 24.7. The van der Waals surface area contributed by atoms with Gasteiger partial charge in [0.25, 0.3) is 0 Å². The van der Waals surface area contributed by atoms with Crippen LogP contribution in [0.1, 0.15) is 11.1 Å². The average molecular weight is 497 g/mol. The number of carbonyl (C=O) groups excluding carboxylic acids is 1. The number of aliphatic imine (C=N–C) groups is 1. The standard InChI is InChI=1S/C29H32N6O2/c1-32-16-18-35(19-17-32)20-25(36)33(2)23-13-11-22(12-14-23)31-27(21-8-5-4-6-9-21)26-28-24(10-7-15-30-28)34(3)29(26)37/h4-15,37H,16-20H2,1-3H3. The number of hydrogen-bond donors (Lipinski definition) is 1. The highest BCUT2D eigenvalue weighted by molar-refractivity contribution is 6.21. The van der Waals surface area contributed by atoms with Crippen molar-refractivity contribution < 1.29 is 9.90 Å². The van der Waals surface area contributed by atoms with E-state index in [1.807, 2.05) is 80.8 Å². The molecule has 37 heavy (non-hydrogen) atoms. The summed E-state index contributed by atoms with van der Waals surface area (Å²) in [4.78, 5) is 28.6. The monoisotopic (exact) mass is 496 g/mol. The second-order valence-electron chi connectivity index (χ2n) is 9.50. The predicted octanol–water partition coefficient (Wildman–Crippen LogP) is 3.66. The Labute approximate surface area is 217 Å². The number of piperazine rings is 1. The maximum atomic E-state index is 12.9. The van der Waals surface area contributed by atoms with E-state index in [1.54, 1.807) is 15.7 Å². The fourth-order valence-corrected chi connectivity index (χ4v) is 4.65. The number of pyridine rings is 1. The van der Waals surface area contributed by atoms with Crippen molar-refractivity contribution in [3.8, 4) is 5.88 Å². The number of rotatable bonds is 6. The summed E-state index contributed by atoms with van der Waals surface area (Å²) in [6.45, 7) is 4.18. The zero-order chi connectivity index (χ0) is 25.9. The molecule has 0 spiro atoms. The van der Waals surface area contributed by atoms with Crippen LogP contribution in [0.15, 0.2) is 77.9 Å². The quantitative estimate of drug-likeness (QED) is 0.413. The molecule has 8 nitrogen and oxygen atoms in total. The van der Waals surface area contributed by atoms with E-state index in [1.165, 1.54) is 0 Å². The number of aromatic nitrogens is 2. The fraction of sp³-hybridized carbons (Fsp3) is 0.276. The number of carbonyl (C=O) groups is 1. The summed E-state index contributed by atoms with van der Waals surface area (Å²) in [5.74, 6) is 0.180. The van der Waals surface area contributed by atoms with Crippen LogP contribution in [-0.4, -0.2) is 82.9 Å². The van der Waals surface area contributed by atoms with Gasteiger partial charge in [0, 0.05) is 57.7 Å². The lowest BCUT2D eigenvalue weighted by atomic mass is 10.0.